The van der Waals surface area contributed by atoms with Crippen molar-refractivity contribution in [3.05, 3.63) is 50.5 Å². The van der Waals surface area contributed by atoms with E-state index in [0.717, 1.165) is 11.7 Å². The van der Waals surface area contributed by atoms with E-state index in [1.165, 1.54) is 12.4 Å². The third-order valence-electron chi connectivity index (χ3n) is 3.01. The molecule has 8 heteroatoms. The van der Waals surface area contributed by atoms with Crippen LogP contribution in [0.1, 0.15) is 21.5 Å². The molecule has 1 aromatic heterocycles. The lowest BCUT2D eigenvalue weighted by atomic mass is 10.1. The fraction of sp³-hybridized carbons (Fsp3) is 0.143. The lowest BCUT2D eigenvalue weighted by molar-refractivity contribution is 0.0599. The van der Waals surface area contributed by atoms with E-state index in [4.69, 9.17) is 22.6 Å². The number of nitrogen functional groups attached to an aromatic ring is 1. The number of hydrogen-bond donors (Lipinski definition) is 1. The number of methoxy groups -OCH3 is 1. The number of esters is 1. The van der Waals surface area contributed by atoms with Crippen molar-refractivity contribution in [2.75, 3.05) is 12.8 Å². The summed E-state index contributed by atoms with van der Waals surface area (Å²) in [5.74, 6) is -1.11. The largest absolute Gasteiger partial charge is 0.465 e. The Hall–Kier alpha value is -2.85. The second-order valence-electron chi connectivity index (χ2n) is 4.41. The molecular weight excluding hydrogens is 308 g/mol. The number of hydrogen-bond acceptors (Lipinski definition) is 6. The number of ether oxygens (including phenoxy) is 1. The van der Waals surface area contributed by atoms with Crippen LogP contribution in [0.5, 0.6) is 0 Å². The predicted octanol–water partition coefficient (Wildman–Crippen LogP) is 1.43. The number of rotatable bonds is 2. The fourth-order valence-electron chi connectivity index (χ4n) is 2.03. The number of nitrogens with two attached hydrogens (primary N) is 1. The van der Waals surface area contributed by atoms with E-state index in [9.17, 15) is 9.59 Å². The Morgan fingerprint density at radius 3 is 2.73 bits per heavy atom. The highest BCUT2D eigenvalue weighted by atomic mass is 35.5. The number of anilines is 1. The number of carbonyl (C=O) groups excluding carboxylic acids is 1. The van der Waals surface area contributed by atoms with Crippen LogP contribution < -0.4 is 11.3 Å². The lowest BCUT2D eigenvalue weighted by Crippen LogP contribution is -2.28. The van der Waals surface area contributed by atoms with Gasteiger partial charge in [0.05, 0.1) is 29.5 Å². The Morgan fingerprint density at radius 1 is 1.50 bits per heavy atom. The second kappa shape index (κ2) is 5.87. The summed E-state index contributed by atoms with van der Waals surface area (Å²) in [6.45, 7) is 1.68. The van der Waals surface area contributed by atoms with E-state index >= 15 is 0 Å². The first-order valence-corrected chi connectivity index (χ1v) is 6.44. The SMILES string of the molecule is COC(=O)c1c(N)ncn(-c2c(C)cc(C#N)cc2Cl)c1=O. The standard InChI is InChI=1S/C14H11ClN4O3/c1-7-3-8(5-16)4-9(15)11(7)19-6-18-12(17)10(13(19)20)14(21)22-2/h3-4,6H,17H2,1-2H3. The van der Waals surface area contributed by atoms with Gasteiger partial charge in [-0.2, -0.15) is 5.26 Å². The molecule has 7 nitrogen and oxygen atoms in total. The highest BCUT2D eigenvalue weighted by Gasteiger charge is 2.20. The van der Waals surface area contributed by atoms with E-state index in [1.54, 1.807) is 13.0 Å². The molecule has 2 N–H and O–H groups in total. The molecule has 0 atom stereocenters. The van der Waals surface area contributed by atoms with Crippen molar-refractivity contribution in [3.8, 4) is 11.8 Å². The van der Waals surface area contributed by atoms with E-state index < -0.39 is 11.5 Å². The van der Waals surface area contributed by atoms with Crippen LogP contribution in [-0.2, 0) is 4.74 Å². The lowest BCUT2D eigenvalue weighted by Gasteiger charge is -2.13. The molecule has 112 valence electrons. The zero-order valence-electron chi connectivity index (χ0n) is 11.8. The van der Waals surface area contributed by atoms with Crippen molar-refractivity contribution >= 4 is 23.4 Å². The molecule has 0 aliphatic carbocycles. The van der Waals surface area contributed by atoms with Gasteiger partial charge in [-0.05, 0) is 24.6 Å². The first kappa shape index (κ1) is 15.5. The maximum atomic E-state index is 12.5. The molecule has 0 saturated carbocycles. The van der Waals surface area contributed by atoms with Gasteiger partial charge in [0.2, 0.25) is 0 Å². The smallest absolute Gasteiger partial charge is 0.347 e. The molecule has 0 aliphatic rings. The Balaban J connectivity index is 2.78. The van der Waals surface area contributed by atoms with E-state index in [1.807, 2.05) is 6.07 Å². The number of aryl methyl sites for hydroxylation is 1. The summed E-state index contributed by atoms with van der Waals surface area (Å²) in [7, 11) is 1.14. The van der Waals surface area contributed by atoms with Gasteiger partial charge in [0.15, 0.2) is 5.56 Å². The molecule has 2 aromatic rings. The second-order valence-corrected chi connectivity index (χ2v) is 4.81. The molecule has 0 bridgehead atoms. The summed E-state index contributed by atoms with van der Waals surface area (Å²) in [5.41, 5.74) is 5.75. The average molecular weight is 319 g/mol. The van der Waals surface area contributed by atoms with Gasteiger partial charge in [0.1, 0.15) is 12.1 Å². The van der Waals surface area contributed by atoms with Crippen LogP contribution in [0.25, 0.3) is 5.69 Å². The molecule has 22 heavy (non-hydrogen) atoms. The summed E-state index contributed by atoms with van der Waals surface area (Å²) in [5, 5.41) is 9.10. The van der Waals surface area contributed by atoms with Crippen molar-refractivity contribution < 1.29 is 9.53 Å². The number of nitriles is 1. The first-order valence-electron chi connectivity index (χ1n) is 6.06. The number of halogens is 1. The van der Waals surface area contributed by atoms with Crippen LogP contribution in [0.4, 0.5) is 5.82 Å². The van der Waals surface area contributed by atoms with Crippen molar-refractivity contribution in [2.24, 2.45) is 0 Å². The van der Waals surface area contributed by atoms with Gasteiger partial charge in [-0.25, -0.2) is 9.78 Å². The minimum absolute atomic E-state index is 0.182. The molecule has 0 aliphatic heterocycles. The van der Waals surface area contributed by atoms with Crippen LogP contribution in [0.3, 0.4) is 0 Å². The van der Waals surface area contributed by atoms with Gasteiger partial charge in [0, 0.05) is 0 Å². The molecular formula is C14H11ClN4O3. The van der Waals surface area contributed by atoms with E-state index in [2.05, 4.69) is 9.72 Å². The Kier molecular flexibility index (Phi) is 4.15. The normalized spacial score (nSPS) is 10.1. The van der Waals surface area contributed by atoms with Crippen LogP contribution >= 0.6 is 11.6 Å². The summed E-state index contributed by atoms with van der Waals surface area (Å²) < 4.78 is 5.64. The fourth-order valence-corrected chi connectivity index (χ4v) is 2.38. The molecule has 0 saturated heterocycles. The predicted molar refractivity (Wildman–Crippen MR) is 80.0 cm³/mol. The molecule has 0 radical (unpaired) electrons. The molecule has 2 rings (SSSR count). The van der Waals surface area contributed by atoms with Crippen LogP contribution in [0.15, 0.2) is 23.3 Å². The topological polar surface area (TPSA) is 111 Å². The molecule has 0 fully saturated rings. The van der Waals surface area contributed by atoms with Crippen molar-refractivity contribution in [3.63, 3.8) is 0 Å². The van der Waals surface area contributed by atoms with Gasteiger partial charge in [0.25, 0.3) is 5.56 Å². The third kappa shape index (κ3) is 2.52. The first-order chi connectivity index (χ1) is 10.4. The van der Waals surface area contributed by atoms with E-state index in [-0.39, 0.29) is 16.4 Å². The minimum atomic E-state index is -0.883. The molecule has 1 aromatic carbocycles. The monoisotopic (exact) mass is 318 g/mol. The van der Waals surface area contributed by atoms with E-state index in [0.29, 0.717) is 16.8 Å². The van der Waals surface area contributed by atoms with Gasteiger partial charge in [-0.1, -0.05) is 11.6 Å². The van der Waals surface area contributed by atoms with Crippen LogP contribution in [0.2, 0.25) is 5.02 Å². The van der Waals surface area contributed by atoms with Crippen LogP contribution in [0, 0.1) is 18.3 Å². The third-order valence-corrected chi connectivity index (χ3v) is 3.30. The Morgan fingerprint density at radius 2 is 2.18 bits per heavy atom. The van der Waals surface area contributed by atoms with Gasteiger partial charge < -0.3 is 10.5 Å². The van der Waals surface area contributed by atoms with Crippen LogP contribution in [-0.4, -0.2) is 22.6 Å². The summed E-state index contributed by atoms with van der Waals surface area (Å²) in [6, 6.07) is 4.96. The van der Waals surface area contributed by atoms with Crippen molar-refractivity contribution in [2.45, 2.75) is 6.92 Å². The van der Waals surface area contributed by atoms with Gasteiger partial charge in [-0.3, -0.25) is 9.36 Å². The highest BCUT2D eigenvalue weighted by Crippen LogP contribution is 2.25. The molecule has 0 unspecified atom stereocenters. The summed E-state index contributed by atoms with van der Waals surface area (Å²) in [6.07, 6.45) is 1.17. The number of benzene rings is 1. The molecule has 1 heterocycles. The molecule has 0 spiro atoms. The van der Waals surface area contributed by atoms with Crippen molar-refractivity contribution in [1.29, 1.82) is 5.26 Å². The summed E-state index contributed by atoms with van der Waals surface area (Å²) >= 11 is 6.14. The number of aromatic nitrogens is 2. The van der Waals surface area contributed by atoms with Gasteiger partial charge in [-0.15, -0.1) is 0 Å². The molecule has 0 amide bonds. The Bertz CT molecular complexity index is 844. The average Bonchev–Trinajstić information content (AvgIpc) is 2.48. The zero-order chi connectivity index (χ0) is 16.4. The number of nitrogens with zero attached hydrogens (tertiary/aromatic N) is 3. The maximum Gasteiger partial charge on any atom is 0.347 e. The van der Waals surface area contributed by atoms with Crippen molar-refractivity contribution in [1.82, 2.24) is 9.55 Å². The number of carbonyl (C=O) groups is 1. The summed E-state index contributed by atoms with van der Waals surface area (Å²) in [4.78, 5) is 28.0. The maximum absolute atomic E-state index is 12.5. The minimum Gasteiger partial charge on any atom is -0.465 e. The quantitative estimate of drug-likeness (QED) is 0.838. The van der Waals surface area contributed by atoms with Gasteiger partial charge >= 0.3 is 5.97 Å². The Labute approximate surface area is 130 Å². The zero-order valence-corrected chi connectivity index (χ0v) is 12.5. The highest BCUT2D eigenvalue weighted by molar-refractivity contribution is 6.32.